The highest BCUT2D eigenvalue weighted by atomic mass is 16.5. The average molecular weight is 1010 g/mol. The highest BCUT2D eigenvalue weighted by Gasteiger charge is 2.39. The zero-order chi connectivity index (χ0) is 53.7. The lowest BCUT2D eigenvalue weighted by molar-refractivity contribution is -0.116. The quantitative estimate of drug-likeness (QED) is 0.0576. The largest absolute Gasteiger partial charge is 0.445 e. The van der Waals surface area contributed by atoms with Gasteiger partial charge in [-0.2, -0.15) is 0 Å². The molecular formula is C73H54N2O3. The van der Waals surface area contributed by atoms with Gasteiger partial charge in [0.2, 0.25) is 5.91 Å². The van der Waals surface area contributed by atoms with Crippen LogP contribution in [0.2, 0.25) is 0 Å². The van der Waals surface area contributed by atoms with Gasteiger partial charge < -0.3 is 15.4 Å². The van der Waals surface area contributed by atoms with Gasteiger partial charge in [0.15, 0.2) is 0 Å². The number of nitrogens with one attached hydrogen (secondary N) is 2. The van der Waals surface area contributed by atoms with Gasteiger partial charge in [-0.15, -0.1) is 19.3 Å². The number of carbonyl (C=O) groups is 2. The first kappa shape index (κ1) is 51.1. The highest BCUT2D eigenvalue weighted by Crippen LogP contribution is 2.51. The molecule has 10 aromatic rings. The van der Waals surface area contributed by atoms with Crippen LogP contribution in [0.3, 0.4) is 0 Å². The number of hydrogen-bond acceptors (Lipinski definition) is 3. The van der Waals surface area contributed by atoms with Gasteiger partial charge in [0.05, 0.1) is 5.41 Å². The number of alkyl carbamates (subject to hydrolysis) is 1. The number of carbonyl (C=O) groups excluding carboxylic acids is 2. The van der Waals surface area contributed by atoms with Crippen molar-refractivity contribution >= 4 is 17.7 Å². The second-order valence-electron chi connectivity index (χ2n) is 18.9. The average Bonchev–Trinajstić information content (AvgIpc) is 3.52. The lowest BCUT2D eigenvalue weighted by atomic mass is 9.64. The van der Waals surface area contributed by atoms with Crippen LogP contribution >= 0.6 is 0 Å². The van der Waals surface area contributed by atoms with E-state index < -0.39 is 11.5 Å². The molecule has 0 bridgehead atoms. The number of terminal acetylenes is 3. The van der Waals surface area contributed by atoms with Crippen LogP contribution in [0.15, 0.2) is 249 Å². The van der Waals surface area contributed by atoms with E-state index in [2.05, 4.69) is 180 Å². The molecule has 0 aliphatic heterocycles. The summed E-state index contributed by atoms with van der Waals surface area (Å²) in [6.07, 6.45) is 17.9. The molecule has 78 heavy (non-hydrogen) atoms. The molecule has 0 atom stereocenters. The Hall–Kier alpha value is -10.4. The van der Waals surface area contributed by atoms with Gasteiger partial charge in [-0.25, -0.2) is 4.79 Å². The summed E-state index contributed by atoms with van der Waals surface area (Å²) in [4.78, 5) is 25.6. The van der Waals surface area contributed by atoms with Gasteiger partial charge in [0.1, 0.15) is 6.61 Å². The topological polar surface area (TPSA) is 67.4 Å². The lowest BCUT2D eigenvalue weighted by Gasteiger charge is -2.37. The summed E-state index contributed by atoms with van der Waals surface area (Å²) in [5.41, 5.74) is 17.7. The molecule has 0 aliphatic carbocycles. The molecule has 2 amide bonds. The minimum absolute atomic E-state index is 0.151. The Kier molecular flexibility index (Phi) is 15.6. The van der Waals surface area contributed by atoms with Crippen molar-refractivity contribution in [3.8, 4) is 92.7 Å². The molecule has 0 saturated heterocycles. The fourth-order valence-corrected chi connectivity index (χ4v) is 10.4. The van der Waals surface area contributed by atoms with E-state index in [0.717, 1.165) is 100 Å². The first-order chi connectivity index (χ1) is 38.4. The summed E-state index contributed by atoms with van der Waals surface area (Å²) >= 11 is 0. The Morgan fingerprint density at radius 1 is 0.423 bits per heavy atom. The number of benzene rings is 10. The van der Waals surface area contributed by atoms with Crippen molar-refractivity contribution in [3.63, 3.8) is 0 Å². The van der Waals surface area contributed by atoms with E-state index in [-0.39, 0.29) is 18.9 Å². The van der Waals surface area contributed by atoms with E-state index in [1.54, 1.807) is 0 Å². The third kappa shape index (κ3) is 11.0. The van der Waals surface area contributed by atoms with Crippen LogP contribution in [0, 0.1) is 37.0 Å². The monoisotopic (exact) mass is 1010 g/mol. The van der Waals surface area contributed by atoms with E-state index in [1.807, 2.05) is 97.1 Å². The molecule has 2 N–H and O–H groups in total. The van der Waals surface area contributed by atoms with E-state index in [4.69, 9.17) is 24.0 Å². The summed E-state index contributed by atoms with van der Waals surface area (Å²) in [6.45, 7) is 0.485. The van der Waals surface area contributed by atoms with E-state index in [0.29, 0.717) is 18.7 Å². The molecule has 0 radical (unpaired) electrons. The Bertz CT molecular complexity index is 3680. The fraction of sp³-hybridized carbons (Fsp3) is 0.0685. The molecule has 0 heterocycles. The van der Waals surface area contributed by atoms with Crippen molar-refractivity contribution in [3.05, 3.63) is 293 Å². The molecule has 374 valence electrons. The zero-order valence-corrected chi connectivity index (χ0v) is 43.0. The van der Waals surface area contributed by atoms with Gasteiger partial charge in [0, 0.05) is 35.3 Å². The molecule has 5 heteroatoms. The molecule has 0 fully saturated rings. The van der Waals surface area contributed by atoms with Crippen LogP contribution in [0.25, 0.3) is 55.6 Å². The second-order valence-corrected chi connectivity index (χ2v) is 18.9. The molecular weight excluding hydrogens is 953 g/mol. The smallest absolute Gasteiger partial charge is 0.407 e. The molecule has 5 nitrogen and oxygen atoms in total. The van der Waals surface area contributed by atoms with Crippen molar-refractivity contribution < 1.29 is 14.3 Å². The molecule has 0 spiro atoms. The summed E-state index contributed by atoms with van der Waals surface area (Å²) in [5.74, 6) is 8.25. The van der Waals surface area contributed by atoms with Crippen molar-refractivity contribution in [2.45, 2.75) is 24.9 Å². The molecule has 10 rings (SSSR count). The fourth-order valence-electron chi connectivity index (χ4n) is 10.4. The maximum absolute atomic E-state index is 13.3. The summed E-state index contributed by atoms with van der Waals surface area (Å²) < 4.78 is 5.32. The van der Waals surface area contributed by atoms with Crippen molar-refractivity contribution in [1.82, 2.24) is 5.32 Å². The van der Waals surface area contributed by atoms with Gasteiger partial charge in [-0.3, -0.25) is 4.79 Å². The number of amides is 2. The third-order valence-corrected chi connectivity index (χ3v) is 14.1. The predicted octanol–water partition coefficient (Wildman–Crippen LogP) is 16.0. The van der Waals surface area contributed by atoms with Crippen molar-refractivity contribution in [2.24, 2.45) is 0 Å². The maximum atomic E-state index is 13.3. The number of hydrogen-bond donors (Lipinski definition) is 2. The van der Waals surface area contributed by atoms with E-state index in [1.165, 1.54) is 0 Å². The molecule has 0 unspecified atom stereocenters. The second kappa shape index (κ2) is 23.9. The summed E-state index contributed by atoms with van der Waals surface area (Å²) in [6, 6.07) is 85.2. The van der Waals surface area contributed by atoms with Gasteiger partial charge in [-0.05, 0) is 144 Å². The Balaban J connectivity index is 1.08. The Labute approximate surface area is 457 Å². The molecule has 0 saturated carbocycles. The minimum Gasteiger partial charge on any atom is -0.445 e. The van der Waals surface area contributed by atoms with Crippen LogP contribution in [-0.4, -0.2) is 18.5 Å². The summed E-state index contributed by atoms with van der Waals surface area (Å²) in [7, 11) is 0. The van der Waals surface area contributed by atoms with Crippen LogP contribution in [0.1, 0.15) is 57.3 Å². The minimum atomic E-state index is -0.816. The van der Waals surface area contributed by atoms with Crippen molar-refractivity contribution in [2.75, 3.05) is 11.9 Å². The standard InChI is InChI=1S/C73H54N2O3/c1-4-52-29-39-61(40-30-52)73(62-41-31-53(5-2)32-42-62,63-43-33-54(6-3)34-44-63)64-45-35-57(36-46-64)67-50-66(56-22-13-8-14-23-56)70(71(59-26-17-10-18-27-59)69(67)58-24-15-9-16-25-58)60-37-47-65(48-38-60)75-68(76)28-19-49-74-72(77)78-51-55-20-11-7-12-21-55/h1-3,7-18,20-27,29-48,50H,19,28,49,51H2,(H,74,77)(H,75,76). The van der Waals surface area contributed by atoms with Gasteiger partial charge >= 0.3 is 6.09 Å². The highest BCUT2D eigenvalue weighted by molar-refractivity contribution is 6.07. The number of ether oxygens (including phenoxy) is 1. The van der Waals surface area contributed by atoms with Crippen molar-refractivity contribution in [1.29, 1.82) is 0 Å². The van der Waals surface area contributed by atoms with Crippen LogP contribution in [0.4, 0.5) is 10.5 Å². The Morgan fingerprint density at radius 3 is 1.24 bits per heavy atom. The normalized spacial score (nSPS) is 10.8. The first-order valence-corrected chi connectivity index (χ1v) is 25.9. The van der Waals surface area contributed by atoms with E-state index >= 15 is 0 Å². The summed E-state index contributed by atoms with van der Waals surface area (Å²) in [5, 5.41) is 5.82. The molecule has 10 aromatic carbocycles. The van der Waals surface area contributed by atoms with Gasteiger partial charge in [0.25, 0.3) is 0 Å². The third-order valence-electron chi connectivity index (χ3n) is 14.1. The number of anilines is 1. The molecule has 0 aliphatic rings. The molecule has 0 aromatic heterocycles. The van der Waals surface area contributed by atoms with Crippen LogP contribution < -0.4 is 10.6 Å². The Morgan fingerprint density at radius 2 is 0.795 bits per heavy atom. The SMILES string of the molecule is C#Cc1ccc(C(c2ccc(C#C)cc2)(c2ccc(C#C)cc2)c2ccc(-c3cc(-c4ccccc4)c(-c4ccc(NC(=O)CCCNC(=O)OCc5ccccc5)cc4)c(-c4ccccc4)c3-c3ccccc3)cc2)cc1. The lowest BCUT2D eigenvalue weighted by Crippen LogP contribution is -2.31. The van der Waals surface area contributed by atoms with E-state index in [9.17, 15) is 9.59 Å². The van der Waals surface area contributed by atoms with Gasteiger partial charge in [-0.1, -0.05) is 212 Å². The predicted molar refractivity (Wildman–Crippen MR) is 318 cm³/mol. The van der Waals surface area contributed by atoms with Crippen LogP contribution in [-0.2, 0) is 21.6 Å². The number of rotatable bonds is 16. The van der Waals surface area contributed by atoms with Crippen LogP contribution in [0.5, 0.6) is 0 Å². The first-order valence-electron chi connectivity index (χ1n) is 25.9. The maximum Gasteiger partial charge on any atom is 0.407 e. The zero-order valence-electron chi connectivity index (χ0n) is 43.0.